The van der Waals surface area contributed by atoms with E-state index in [0.29, 0.717) is 29.4 Å². The minimum Gasteiger partial charge on any atom is -0.496 e. The molecule has 6 aromatic rings. The molecule has 0 aliphatic carbocycles. The Hall–Kier alpha value is -5.07. The fourth-order valence-electron chi connectivity index (χ4n) is 6.50. The molecule has 0 radical (unpaired) electrons. The zero-order valence-electron chi connectivity index (χ0n) is 28.0. The summed E-state index contributed by atoms with van der Waals surface area (Å²) in [6.07, 6.45) is 1.69. The molecule has 1 unspecified atom stereocenters. The highest BCUT2D eigenvalue weighted by Gasteiger charge is 2.57. The first kappa shape index (κ1) is 32.5. The minimum absolute atomic E-state index is 0.370. The van der Waals surface area contributed by atoms with E-state index in [-0.39, 0.29) is 0 Å². The molecule has 49 heavy (non-hydrogen) atoms. The van der Waals surface area contributed by atoms with Crippen molar-refractivity contribution >= 4 is 58.3 Å². The van der Waals surface area contributed by atoms with Gasteiger partial charge < -0.3 is 35.6 Å². The second-order valence-electron chi connectivity index (χ2n) is 13.2. The second kappa shape index (κ2) is 12.1. The summed E-state index contributed by atoms with van der Waals surface area (Å²) in [7, 11) is -0.567. The van der Waals surface area contributed by atoms with Gasteiger partial charge in [0, 0.05) is 33.7 Å². The fraction of sp³-hybridized carbons (Fsp3) is 0.222. The molecule has 7 rings (SSSR count). The smallest absolute Gasteiger partial charge is 0.495 e. The Balaban J connectivity index is 1.22. The third-order valence-electron chi connectivity index (χ3n) is 9.81. The lowest BCUT2D eigenvalue weighted by Crippen LogP contribution is -2.58. The van der Waals surface area contributed by atoms with Crippen molar-refractivity contribution in [3.63, 3.8) is 0 Å². The fourth-order valence-corrected chi connectivity index (χ4v) is 6.50. The van der Waals surface area contributed by atoms with Gasteiger partial charge in [-0.25, -0.2) is 0 Å². The van der Waals surface area contributed by atoms with Crippen molar-refractivity contribution in [2.24, 2.45) is 0 Å². The molecule has 1 atom stereocenters. The number of nitrogens with two attached hydrogens (primary N) is 2. The van der Waals surface area contributed by atoms with E-state index in [9.17, 15) is 10.0 Å². The van der Waals surface area contributed by atoms with Crippen LogP contribution >= 0.6 is 0 Å². The van der Waals surface area contributed by atoms with Gasteiger partial charge in [-0.2, -0.15) is 5.10 Å². The minimum atomic E-state index is -1.55. The van der Waals surface area contributed by atoms with E-state index in [1.807, 2.05) is 87.0 Å². The number of nitrogen functional groups attached to an aromatic ring is 2. The Morgan fingerprint density at radius 2 is 1.61 bits per heavy atom. The number of methoxy groups -OCH3 is 1. The van der Waals surface area contributed by atoms with Crippen LogP contribution in [0.1, 0.15) is 26.5 Å². The number of ether oxygens (including phenoxy) is 1. The summed E-state index contributed by atoms with van der Waals surface area (Å²) in [5, 5.41) is 35.6. The van der Waals surface area contributed by atoms with Gasteiger partial charge in [0.15, 0.2) is 11.6 Å². The van der Waals surface area contributed by atoms with Crippen LogP contribution in [0.4, 0.5) is 11.6 Å². The largest absolute Gasteiger partial charge is 0.496 e. The van der Waals surface area contributed by atoms with Gasteiger partial charge in [-0.15, -0.1) is 5.10 Å². The zero-order valence-corrected chi connectivity index (χ0v) is 28.0. The lowest BCUT2D eigenvalue weighted by atomic mass is 9.77. The second-order valence-corrected chi connectivity index (χ2v) is 13.2. The average Bonchev–Trinajstić information content (AvgIpc) is 3.33. The highest BCUT2D eigenvalue weighted by molar-refractivity contribution is 6.62. The van der Waals surface area contributed by atoms with Crippen LogP contribution in [0.15, 0.2) is 85.1 Å². The van der Waals surface area contributed by atoms with Crippen molar-refractivity contribution in [3.8, 4) is 28.0 Å². The average molecular weight is 655 g/mol. The number of benzene rings is 4. The predicted molar refractivity (Wildman–Crippen MR) is 192 cm³/mol. The topological polar surface area (TPSA) is 163 Å². The Labute approximate surface area is 284 Å². The van der Waals surface area contributed by atoms with E-state index >= 15 is 0 Å². The van der Waals surface area contributed by atoms with E-state index in [0.717, 1.165) is 55.0 Å². The molecule has 1 aliphatic heterocycles. The van der Waals surface area contributed by atoms with Crippen LogP contribution in [-0.2, 0) is 15.9 Å². The molecule has 1 fully saturated rings. The lowest BCUT2D eigenvalue weighted by Gasteiger charge is -2.33. The van der Waals surface area contributed by atoms with E-state index in [2.05, 4.69) is 16.3 Å². The quantitative estimate of drug-likeness (QED) is 0.149. The van der Waals surface area contributed by atoms with Crippen LogP contribution in [0, 0.1) is 6.92 Å². The van der Waals surface area contributed by atoms with E-state index in [1.165, 1.54) is 0 Å². The maximum Gasteiger partial charge on any atom is 0.495 e. The van der Waals surface area contributed by atoms with E-state index < -0.39 is 25.4 Å². The summed E-state index contributed by atoms with van der Waals surface area (Å²) < 4.78 is 21.0. The monoisotopic (exact) mass is 655 g/mol. The summed E-state index contributed by atoms with van der Waals surface area (Å²) in [6, 6.07) is 25.0. The van der Waals surface area contributed by atoms with Crippen molar-refractivity contribution < 1.29 is 28.8 Å². The summed E-state index contributed by atoms with van der Waals surface area (Å²) >= 11 is 0. The van der Waals surface area contributed by atoms with Crippen molar-refractivity contribution in [3.05, 3.63) is 90.8 Å². The SMILES string of the molecule is COc1ccc(B2OC(C)(C)C(C)(C[n+]3nc(N)c4ccc(-c5cccc(B(O)O)c5)cc4c3C)O2)cc1-c1ccc2c(N)nncc2c1. The van der Waals surface area contributed by atoms with Crippen LogP contribution < -0.4 is 31.8 Å². The first-order valence-electron chi connectivity index (χ1n) is 16.0. The summed E-state index contributed by atoms with van der Waals surface area (Å²) in [5.74, 6) is 1.48. The number of hydrogen-bond acceptors (Lipinski definition) is 10. The molecule has 1 aliphatic rings. The van der Waals surface area contributed by atoms with E-state index in [4.69, 9.17) is 30.6 Å². The third kappa shape index (κ3) is 5.74. The Kier molecular flexibility index (Phi) is 8.03. The Morgan fingerprint density at radius 1 is 0.857 bits per heavy atom. The normalized spacial score (nSPS) is 17.2. The van der Waals surface area contributed by atoms with Gasteiger partial charge in [-0.05, 0) is 78.7 Å². The summed E-state index contributed by atoms with van der Waals surface area (Å²) in [6.45, 7) is 8.45. The molecule has 0 amide bonds. The van der Waals surface area contributed by atoms with Crippen LogP contribution in [0.5, 0.6) is 5.75 Å². The summed E-state index contributed by atoms with van der Waals surface area (Å²) in [4.78, 5) is 0. The molecule has 1 saturated heterocycles. The maximum absolute atomic E-state index is 9.70. The van der Waals surface area contributed by atoms with Crippen molar-refractivity contribution in [1.29, 1.82) is 0 Å². The van der Waals surface area contributed by atoms with Crippen LogP contribution in [0.2, 0.25) is 0 Å². The lowest BCUT2D eigenvalue weighted by molar-refractivity contribution is -0.767. The number of rotatable bonds is 7. The van der Waals surface area contributed by atoms with Crippen LogP contribution in [0.25, 0.3) is 43.8 Å². The number of nitrogens with zero attached hydrogens (tertiary/aromatic N) is 4. The Bertz CT molecular complexity index is 2250. The van der Waals surface area contributed by atoms with Gasteiger partial charge in [0.1, 0.15) is 11.4 Å². The first-order valence-corrected chi connectivity index (χ1v) is 16.0. The molecular weight excluding hydrogens is 618 g/mol. The number of anilines is 2. The van der Waals surface area contributed by atoms with Crippen molar-refractivity contribution in [1.82, 2.24) is 15.3 Å². The van der Waals surface area contributed by atoms with Gasteiger partial charge in [-0.1, -0.05) is 53.2 Å². The molecule has 2 aromatic heterocycles. The first-order chi connectivity index (χ1) is 23.4. The number of aryl methyl sites for hydroxylation is 1. The molecule has 0 spiro atoms. The number of hydrogen-bond donors (Lipinski definition) is 4. The van der Waals surface area contributed by atoms with Gasteiger partial charge in [0.05, 0.1) is 24.3 Å². The zero-order chi connectivity index (χ0) is 34.7. The van der Waals surface area contributed by atoms with Crippen LogP contribution in [0.3, 0.4) is 0 Å². The molecule has 0 bridgehead atoms. The Morgan fingerprint density at radius 3 is 2.39 bits per heavy atom. The highest BCUT2D eigenvalue weighted by atomic mass is 16.7. The number of fused-ring (bicyclic) bond motifs is 2. The molecule has 6 N–H and O–H groups in total. The molecule has 0 saturated carbocycles. The summed E-state index contributed by atoms with van der Waals surface area (Å²) in [5.41, 5.74) is 16.8. The molecular formula is C36H37B2N6O5+. The van der Waals surface area contributed by atoms with Gasteiger partial charge >= 0.3 is 14.2 Å². The molecule has 4 aromatic carbocycles. The van der Waals surface area contributed by atoms with Gasteiger partial charge in [0.25, 0.3) is 0 Å². The standard InChI is InChI=1S/C36H37B2N6O5/c1-21-30-17-23(22-7-6-8-26(16-22)37(45)46)9-13-29(30)34(40)43-44(21)20-36(4)35(2,3)48-38(49-36)27-11-14-32(47-5)31(18-27)24-10-12-28-25(15-24)19-41-42-33(28)39/h6-19,45-46H,20H2,1-5H3,(H2,39,42)(H2,40,43)/q+1. The maximum atomic E-state index is 9.70. The van der Waals surface area contributed by atoms with Crippen molar-refractivity contribution in [2.75, 3.05) is 18.6 Å². The van der Waals surface area contributed by atoms with Crippen LogP contribution in [-0.4, -0.2) is 57.9 Å². The van der Waals surface area contributed by atoms with Crippen molar-refractivity contribution in [2.45, 2.75) is 45.4 Å². The van der Waals surface area contributed by atoms with E-state index in [1.54, 1.807) is 31.5 Å². The number of aromatic nitrogens is 4. The molecule has 246 valence electrons. The van der Waals surface area contributed by atoms with Gasteiger partial charge in [-0.3, -0.25) is 0 Å². The molecule has 11 nitrogen and oxygen atoms in total. The molecule has 13 heteroatoms. The third-order valence-corrected chi connectivity index (χ3v) is 9.81. The molecule has 3 heterocycles. The predicted octanol–water partition coefficient (Wildman–Crippen LogP) is 2.94. The van der Waals surface area contributed by atoms with Gasteiger partial charge in [0.2, 0.25) is 12.2 Å². The highest BCUT2D eigenvalue weighted by Crippen LogP contribution is 2.39.